The summed E-state index contributed by atoms with van der Waals surface area (Å²) in [6, 6.07) is 4.95. The number of ether oxygens (including phenoxy) is 1. The van der Waals surface area contributed by atoms with Crippen LogP contribution >= 0.6 is 15.9 Å². The van der Waals surface area contributed by atoms with E-state index < -0.39 is 10.9 Å². The van der Waals surface area contributed by atoms with E-state index in [1.165, 1.54) is 23.9 Å². The highest BCUT2D eigenvalue weighted by Gasteiger charge is 2.25. The minimum Gasteiger partial charge on any atom is -0.464 e. The van der Waals surface area contributed by atoms with Gasteiger partial charge < -0.3 is 15.0 Å². The molecule has 0 saturated carbocycles. The van der Waals surface area contributed by atoms with Crippen LogP contribution in [0.15, 0.2) is 22.8 Å². The number of nitriles is 1. The summed E-state index contributed by atoms with van der Waals surface area (Å²) in [5, 5.41) is 20.3. The van der Waals surface area contributed by atoms with Crippen molar-refractivity contribution in [3.8, 4) is 11.8 Å². The molecule has 0 atom stereocenters. The molecule has 0 spiro atoms. The molecule has 2 rings (SSSR count). The Morgan fingerprint density at radius 1 is 1.52 bits per heavy atom. The van der Waals surface area contributed by atoms with Crippen LogP contribution in [0.5, 0.6) is 0 Å². The van der Waals surface area contributed by atoms with Crippen molar-refractivity contribution in [2.75, 3.05) is 12.8 Å². The Balaban J connectivity index is 2.83. The van der Waals surface area contributed by atoms with Crippen molar-refractivity contribution in [2.24, 2.45) is 0 Å². The second kappa shape index (κ2) is 6.10. The molecule has 0 aliphatic rings. The summed E-state index contributed by atoms with van der Waals surface area (Å²) in [5.74, 6) is -0.742. The van der Waals surface area contributed by atoms with E-state index in [2.05, 4.69) is 20.7 Å². The number of halogens is 1. The van der Waals surface area contributed by atoms with Crippen LogP contribution in [0.2, 0.25) is 0 Å². The summed E-state index contributed by atoms with van der Waals surface area (Å²) in [5.41, 5.74) is 6.34. The summed E-state index contributed by atoms with van der Waals surface area (Å²) in [7, 11) is 1.18. The molecular weight excluding hydrogens is 368 g/mol. The van der Waals surface area contributed by atoms with Crippen molar-refractivity contribution in [3.63, 3.8) is 0 Å². The van der Waals surface area contributed by atoms with Gasteiger partial charge in [-0.1, -0.05) is 0 Å². The molecular formula is C14H11BrN4O4. The highest BCUT2D eigenvalue weighted by atomic mass is 79.9. The molecule has 8 nitrogen and oxygen atoms in total. The number of carbonyl (C=O) groups excluding carboxylic acids is 1. The largest absolute Gasteiger partial charge is 0.464 e. The molecule has 0 aliphatic heterocycles. The number of carbonyl (C=O) groups is 1. The lowest BCUT2D eigenvalue weighted by Gasteiger charge is -2.12. The molecule has 0 fully saturated rings. The van der Waals surface area contributed by atoms with E-state index >= 15 is 0 Å². The van der Waals surface area contributed by atoms with Gasteiger partial charge in [0, 0.05) is 6.20 Å². The Bertz CT molecular complexity index is 867. The molecule has 0 unspecified atom stereocenters. The van der Waals surface area contributed by atoms with Gasteiger partial charge in [0.2, 0.25) is 0 Å². The monoisotopic (exact) mass is 378 g/mol. The second-order valence-corrected chi connectivity index (χ2v) is 5.43. The van der Waals surface area contributed by atoms with Crippen LogP contribution < -0.4 is 5.73 Å². The predicted octanol–water partition coefficient (Wildman–Crippen LogP) is 2.70. The number of esters is 1. The zero-order valence-corrected chi connectivity index (χ0v) is 13.7. The van der Waals surface area contributed by atoms with Gasteiger partial charge in [-0.25, -0.2) is 4.79 Å². The molecule has 2 N–H and O–H groups in total. The Labute approximate surface area is 139 Å². The van der Waals surface area contributed by atoms with Crippen LogP contribution in [0.4, 0.5) is 11.4 Å². The average Bonchev–Trinajstić information content (AvgIpc) is 2.82. The van der Waals surface area contributed by atoms with Crippen molar-refractivity contribution in [1.29, 1.82) is 5.26 Å². The fourth-order valence-electron chi connectivity index (χ4n) is 2.25. The van der Waals surface area contributed by atoms with Gasteiger partial charge in [-0.15, -0.1) is 0 Å². The highest BCUT2D eigenvalue weighted by molar-refractivity contribution is 9.10. The Kier molecular flexibility index (Phi) is 4.38. The SMILES string of the molecule is COC(=O)c1c(N)c(C#N)cn1-c1ccc(Br)c([N+](=O)[O-])c1C. The number of rotatable bonds is 3. The fourth-order valence-corrected chi connectivity index (χ4v) is 2.82. The van der Waals surface area contributed by atoms with Gasteiger partial charge in [-0.3, -0.25) is 10.1 Å². The van der Waals surface area contributed by atoms with Gasteiger partial charge >= 0.3 is 5.97 Å². The lowest BCUT2D eigenvalue weighted by molar-refractivity contribution is -0.386. The van der Waals surface area contributed by atoms with Crippen molar-refractivity contribution in [2.45, 2.75) is 6.92 Å². The van der Waals surface area contributed by atoms with Gasteiger partial charge in [-0.2, -0.15) is 5.26 Å². The highest BCUT2D eigenvalue weighted by Crippen LogP contribution is 2.34. The van der Waals surface area contributed by atoms with E-state index in [1.807, 2.05) is 6.07 Å². The maximum Gasteiger partial charge on any atom is 0.357 e. The summed E-state index contributed by atoms with van der Waals surface area (Å²) >= 11 is 3.13. The minimum absolute atomic E-state index is 0.0377. The first-order valence-electron chi connectivity index (χ1n) is 6.26. The number of nitrogens with two attached hydrogens (primary N) is 1. The molecule has 0 bridgehead atoms. The number of nitro groups is 1. The van der Waals surface area contributed by atoms with E-state index in [4.69, 9.17) is 11.0 Å². The lowest BCUT2D eigenvalue weighted by Crippen LogP contribution is -2.12. The molecule has 0 amide bonds. The number of anilines is 1. The van der Waals surface area contributed by atoms with E-state index in [0.29, 0.717) is 15.7 Å². The number of benzene rings is 1. The first-order chi connectivity index (χ1) is 10.8. The van der Waals surface area contributed by atoms with Crippen LogP contribution in [0.1, 0.15) is 21.6 Å². The number of hydrogen-bond acceptors (Lipinski definition) is 6. The number of nitrogens with zero attached hydrogens (tertiary/aromatic N) is 3. The summed E-state index contributed by atoms with van der Waals surface area (Å²) < 4.78 is 6.32. The first kappa shape index (κ1) is 16.5. The zero-order valence-electron chi connectivity index (χ0n) is 12.2. The number of nitrogen functional groups attached to an aromatic ring is 1. The first-order valence-corrected chi connectivity index (χ1v) is 7.05. The molecule has 1 heterocycles. The van der Waals surface area contributed by atoms with E-state index in [0.717, 1.165) is 0 Å². The van der Waals surface area contributed by atoms with Crippen molar-refractivity contribution < 1.29 is 14.5 Å². The molecule has 0 saturated heterocycles. The molecule has 1 aromatic carbocycles. The van der Waals surface area contributed by atoms with Crippen LogP contribution in [0.25, 0.3) is 5.69 Å². The lowest BCUT2D eigenvalue weighted by atomic mass is 10.1. The molecule has 2 aromatic rings. The predicted molar refractivity (Wildman–Crippen MR) is 85.3 cm³/mol. The van der Waals surface area contributed by atoms with E-state index in [1.54, 1.807) is 13.0 Å². The van der Waals surface area contributed by atoms with Gasteiger partial charge in [0.05, 0.1) is 39.0 Å². The van der Waals surface area contributed by atoms with Crippen molar-refractivity contribution in [3.05, 3.63) is 49.7 Å². The maximum absolute atomic E-state index is 12.0. The summed E-state index contributed by atoms with van der Waals surface area (Å²) in [6.07, 6.45) is 1.35. The van der Waals surface area contributed by atoms with Crippen LogP contribution in [-0.2, 0) is 4.74 Å². The topological polar surface area (TPSA) is 124 Å². The minimum atomic E-state index is -0.742. The van der Waals surface area contributed by atoms with Gasteiger partial charge in [-0.05, 0) is 35.0 Å². The number of hydrogen-bond donors (Lipinski definition) is 1. The third-order valence-electron chi connectivity index (χ3n) is 3.34. The summed E-state index contributed by atoms with van der Waals surface area (Å²) in [6.45, 7) is 1.54. The standard InChI is InChI=1S/C14H11BrN4O4/c1-7-10(4-3-9(15)12(7)19(21)22)18-6-8(5-16)11(17)13(18)14(20)23-2/h3-4,6H,17H2,1-2H3. The summed E-state index contributed by atoms with van der Waals surface area (Å²) in [4.78, 5) is 22.7. The average molecular weight is 379 g/mol. The van der Waals surface area contributed by atoms with E-state index in [-0.39, 0.29) is 22.6 Å². The van der Waals surface area contributed by atoms with Crippen molar-refractivity contribution >= 4 is 33.3 Å². The number of methoxy groups -OCH3 is 1. The smallest absolute Gasteiger partial charge is 0.357 e. The third-order valence-corrected chi connectivity index (χ3v) is 3.98. The van der Waals surface area contributed by atoms with Crippen LogP contribution in [-0.4, -0.2) is 22.6 Å². The Morgan fingerprint density at radius 3 is 2.70 bits per heavy atom. The van der Waals surface area contributed by atoms with E-state index in [9.17, 15) is 14.9 Å². The normalized spacial score (nSPS) is 10.2. The molecule has 0 radical (unpaired) electrons. The number of nitro benzene ring substituents is 1. The van der Waals surface area contributed by atoms with Crippen LogP contribution in [0.3, 0.4) is 0 Å². The second-order valence-electron chi connectivity index (χ2n) is 4.58. The zero-order chi connectivity index (χ0) is 17.3. The quantitative estimate of drug-likeness (QED) is 0.497. The maximum atomic E-state index is 12.0. The fraction of sp³-hybridized carbons (Fsp3) is 0.143. The van der Waals surface area contributed by atoms with Gasteiger partial charge in [0.15, 0.2) is 5.69 Å². The van der Waals surface area contributed by atoms with Gasteiger partial charge in [0.1, 0.15) is 6.07 Å². The Morgan fingerprint density at radius 2 is 2.17 bits per heavy atom. The molecule has 9 heteroatoms. The third kappa shape index (κ3) is 2.64. The number of aromatic nitrogens is 1. The molecule has 1 aromatic heterocycles. The molecule has 118 valence electrons. The van der Waals surface area contributed by atoms with Gasteiger partial charge in [0.25, 0.3) is 5.69 Å². The molecule has 23 heavy (non-hydrogen) atoms. The van der Waals surface area contributed by atoms with Crippen LogP contribution in [0, 0.1) is 28.4 Å². The van der Waals surface area contributed by atoms with Crippen molar-refractivity contribution in [1.82, 2.24) is 4.57 Å². The Hall–Kier alpha value is -2.86. The molecule has 0 aliphatic carbocycles.